The molecule has 2 saturated heterocycles. The van der Waals surface area contributed by atoms with Crippen LogP contribution >= 0.6 is 0 Å². The van der Waals surface area contributed by atoms with E-state index in [9.17, 15) is 28.4 Å². The second-order valence-electron chi connectivity index (χ2n) is 27.0. The van der Waals surface area contributed by atoms with Gasteiger partial charge in [0.1, 0.15) is 17.9 Å². The van der Waals surface area contributed by atoms with E-state index >= 15 is 4.39 Å². The average molecular weight is 1490 g/mol. The van der Waals surface area contributed by atoms with Crippen molar-refractivity contribution in [2.24, 2.45) is 0 Å². The SMILES string of the molecule is CCc1nc2c(cnn2CC)c(NC2CCOCC2)c1CNC(=O)c1cccc(C(=O)NCc2ccc(F)c(-c3cccc(C=O)c3)c2)c1.CCc1nc2c(cnn2CC)c(NC2CCOCC2)c1CNC(=O)c1cccc(C(=O)NCc2ccc(F)c(-c3cccc(CN(C)CCNC)c3)c2)c1.CNCCNC. The predicted octanol–water partition coefficient (Wildman–Crippen LogP) is 11.4. The lowest BCUT2D eigenvalue weighted by Crippen LogP contribution is -2.30. The number of halogens is 2. The summed E-state index contributed by atoms with van der Waals surface area (Å²) in [6, 6.07) is 37.7. The highest BCUT2D eigenvalue weighted by molar-refractivity contribution is 6.01. The van der Waals surface area contributed by atoms with Crippen LogP contribution in [-0.4, -0.2) is 157 Å². The highest BCUT2D eigenvalue weighted by atomic mass is 19.1. The Morgan fingerprint density at radius 2 is 0.917 bits per heavy atom. The summed E-state index contributed by atoms with van der Waals surface area (Å²) in [5, 5.41) is 39.5. The smallest absolute Gasteiger partial charge is 0.251 e. The van der Waals surface area contributed by atoms with E-state index in [1.165, 1.54) is 12.1 Å². The molecule has 9 N–H and O–H groups in total. The summed E-state index contributed by atoms with van der Waals surface area (Å²) in [6.07, 6.45) is 9.29. The zero-order chi connectivity index (χ0) is 77.2. The number of aldehydes is 1. The Balaban J connectivity index is 0.000000217. The van der Waals surface area contributed by atoms with Crippen molar-refractivity contribution in [1.29, 1.82) is 0 Å². The molecule has 4 aromatic heterocycles. The first-order valence-corrected chi connectivity index (χ1v) is 37.7. The number of amides is 4. The lowest BCUT2D eigenvalue weighted by Gasteiger charge is -2.26. The molecule has 23 nitrogen and oxygen atoms in total. The number of aryl methyl sites for hydroxylation is 4. The topological polar surface area (TPSA) is 277 Å². The molecule has 0 aliphatic carbocycles. The summed E-state index contributed by atoms with van der Waals surface area (Å²) in [6.45, 7) is 17.8. The normalized spacial score (nSPS) is 13.1. The number of fused-ring (bicyclic) bond motifs is 2. The maximum absolute atomic E-state index is 15.1. The number of rotatable bonds is 31. The minimum atomic E-state index is -0.430. The van der Waals surface area contributed by atoms with Crippen molar-refractivity contribution in [3.63, 3.8) is 0 Å². The van der Waals surface area contributed by atoms with Crippen molar-refractivity contribution in [2.45, 2.75) is 124 Å². The average Bonchev–Trinajstić information content (AvgIpc) is 1.67. The van der Waals surface area contributed by atoms with Gasteiger partial charge in [-0.2, -0.15) is 10.2 Å². The fourth-order valence-corrected chi connectivity index (χ4v) is 13.3. The summed E-state index contributed by atoms with van der Waals surface area (Å²) in [5.74, 6) is -2.08. The van der Waals surface area contributed by atoms with Crippen LogP contribution in [0.4, 0.5) is 20.2 Å². The first kappa shape index (κ1) is 80.9. The molecule has 2 aliphatic rings. The molecule has 0 unspecified atom stereocenters. The van der Waals surface area contributed by atoms with Crippen molar-refractivity contribution < 1.29 is 42.2 Å². The highest BCUT2D eigenvalue weighted by Crippen LogP contribution is 2.34. The van der Waals surface area contributed by atoms with Gasteiger partial charge in [-0.05, 0) is 181 Å². The van der Waals surface area contributed by atoms with Crippen LogP contribution in [0, 0.1) is 11.6 Å². The van der Waals surface area contributed by atoms with Crippen LogP contribution in [0.3, 0.4) is 0 Å². The molecule has 4 amide bonds. The third kappa shape index (κ3) is 21.6. The summed E-state index contributed by atoms with van der Waals surface area (Å²) in [7, 11) is 7.87. The van der Waals surface area contributed by atoms with Crippen molar-refractivity contribution >= 4 is 63.4 Å². The van der Waals surface area contributed by atoms with E-state index in [0.29, 0.717) is 109 Å². The Labute approximate surface area is 636 Å². The van der Waals surface area contributed by atoms with Crippen molar-refractivity contribution in [3.8, 4) is 22.3 Å². The molecule has 0 bridgehead atoms. The molecule has 0 atom stereocenters. The Kier molecular flexibility index (Phi) is 30.0. The maximum Gasteiger partial charge on any atom is 0.251 e. The van der Waals surface area contributed by atoms with Crippen LogP contribution in [0.2, 0.25) is 0 Å². The number of benzene rings is 6. The van der Waals surface area contributed by atoms with Crippen LogP contribution in [-0.2, 0) is 68.1 Å². The molecule has 10 aromatic rings. The van der Waals surface area contributed by atoms with Crippen molar-refractivity contribution in [2.75, 3.05) is 91.4 Å². The van der Waals surface area contributed by atoms with E-state index in [1.54, 1.807) is 97.1 Å². The number of aromatic nitrogens is 6. The molecule has 0 radical (unpaired) electrons. The standard InChI is InChI=1S/C42H51FN8O3.C38H39FN6O4.C4H12N2/c1-5-38-35(39(48-33-15-19-54-20-16-33)36-26-47-51(6-2)40(36)49-38)25-46-42(53)32-12-8-11-31(23-32)41(52)45-24-28-13-14-37(43)34(22-28)30-10-7-9-29(21-30)27-50(4)18-17-44-3;1-3-34-31(35(43-29-13-15-49-16-14-29)32-22-42-45(4-2)36(32)44-34)21-41-38(48)28-10-6-9-27(19-28)37(47)40-20-24-11-12-33(39)30(18-24)26-8-5-7-25(17-26)23-46;1-5-3-4-6-2/h7-14,21-23,26,33,44H,5-6,15-20,24-25,27H2,1-4H3,(H,45,52)(H,46,53)(H,48,49);5-12,17-19,22-23,29H,3-4,13-16,20-21H2,1-2H3,(H,40,47)(H,41,48)(H,43,44);5-6H,3-4H2,1-2H3. The van der Waals surface area contributed by atoms with Gasteiger partial charge in [0.05, 0.1) is 34.5 Å². The summed E-state index contributed by atoms with van der Waals surface area (Å²) in [4.78, 5) is 76.8. The fourth-order valence-electron chi connectivity index (χ4n) is 13.3. The number of hydrogen-bond acceptors (Lipinski definition) is 17. The Morgan fingerprint density at radius 1 is 0.505 bits per heavy atom. The predicted molar refractivity (Wildman–Crippen MR) is 425 cm³/mol. The molecule has 6 heterocycles. The Morgan fingerprint density at radius 3 is 1.33 bits per heavy atom. The Bertz CT molecular complexity index is 4740. The monoisotopic (exact) mass is 1480 g/mol. The number of carbonyl (C=O) groups excluding carboxylic acids is 5. The zero-order valence-corrected chi connectivity index (χ0v) is 63.7. The Hall–Kier alpha value is -10.7. The van der Waals surface area contributed by atoms with E-state index in [1.807, 2.05) is 87.9 Å². The second-order valence-corrected chi connectivity index (χ2v) is 27.0. The molecule has 12 rings (SSSR count). The minimum Gasteiger partial charge on any atom is -0.381 e. The molecular weight excluding hydrogens is 1380 g/mol. The number of hydrogen-bond donors (Lipinski definition) is 9. The van der Waals surface area contributed by atoms with Gasteiger partial charge in [-0.15, -0.1) is 0 Å². The van der Waals surface area contributed by atoms with Gasteiger partial charge in [0.25, 0.3) is 23.6 Å². The first-order chi connectivity index (χ1) is 53.1. The highest BCUT2D eigenvalue weighted by Gasteiger charge is 2.26. The summed E-state index contributed by atoms with van der Waals surface area (Å²) in [5.41, 5.74) is 13.6. The van der Waals surface area contributed by atoms with E-state index in [2.05, 4.69) is 76.9 Å². The van der Waals surface area contributed by atoms with Gasteiger partial charge in [-0.1, -0.05) is 74.5 Å². The number of anilines is 2. The van der Waals surface area contributed by atoms with E-state index in [0.717, 1.165) is 131 Å². The van der Waals surface area contributed by atoms with Crippen LogP contribution in [0.15, 0.2) is 146 Å². The lowest BCUT2D eigenvalue weighted by molar-refractivity contribution is 0.0903. The molecule has 0 saturated carbocycles. The zero-order valence-electron chi connectivity index (χ0n) is 63.7. The van der Waals surface area contributed by atoms with Gasteiger partial charge in [0.2, 0.25) is 0 Å². The van der Waals surface area contributed by atoms with Gasteiger partial charge >= 0.3 is 0 Å². The van der Waals surface area contributed by atoms with Gasteiger partial charge in [-0.25, -0.2) is 28.1 Å². The summed E-state index contributed by atoms with van der Waals surface area (Å²) >= 11 is 0. The van der Waals surface area contributed by atoms with Gasteiger partial charge in [0.15, 0.2) is 11.3 Å². The van der Waals surface area contributed by atoms with Crippen LogP contribution in [0.25, 0.3) is 44.3 Å². The third-order valence-electron chi connectivity index (χ3n) is 19.3. The fraction of sp³-hybridized carbons (Fsp3) is 0.369. The van der Waals surface area contributed by atoms with E-state index in [-0.39, 0.29) is 67.7 Å². The lowest BCUT2D eigenvalue weighted by atomic mass is 10.00. The number of likely N-dealkylation sites (N-methyl/N-ethyl adjacent to an activating group) is 4. The van der Waals surface area contributed by atoms with Crippen molar-refractivity contribution in [3.05, 3.63) is 225 Å². The molecule has 574 valence electrons. The number of ether oxygens (including phenoxy) is 2. The number of nitrogens with zero attached hydrogens (tertiary/aromatic N) is 7. The molecular formula is C84H102F2N16O7. The summed E-state index contributed by atoms with van der Waals surface area (Å²) < 4.78 is 44.7. The van der Waals surface area contributed by atoms with Gasteiger partial charge < -0.3 is 62.2 Å². The molecule has 25 heteroatoms. The number of carbonyl (C=O) groups is 5. The molecule has 6 aromatic carbocycles. The van der Waals surface area contributed by atoms with Crippen LogP contribution in [0.1, 0.15) is 144 Å². The largest absolute Gasteiger partial charge is 0.381 e. The van der Waals surface area contributed by atoms with Crippen LogP contribution < -0.4 is 47.9 Å². The third-order valence-corrected chi connectivity index (χ3v) is 19.3. The van der Waals surface area contributed by atoms with E-state index in [4.69, 9.17) is 19.4 Å². The molecule has 0 spiro atoms. The quantitative estimate of drug-likeness (QED) is 0.0144. The molecule has 2 fully saturated rings. The van der Waals surface area contributed by atoms with E-state index < -0.39 is 5.82 Å². The van der Waals surface area contributed by atoms with Gasteiger partial charge in [-0.3, -0.25) is 24.0 Å². The molecule has 109 heavy (non-hydrogen) atoms. The van der Waals surface area contributed by atoms with Crippen molar-refractivity contribution in [1.82, 2.24) is 71.6 Å². The number of pyridine rings is 2. The second kappa shape index (κ2) is 40.5. The maximum atomic E-state index is 15.1. The van der Waals surface area contributed by atoms with Crippen LogP contribution in [0.5, 0.6) is 0 Å². The van der Waals surface area contributed by atoms with Gasteiger partial charge in [0, 0.05) is 172 Å². The minimum absolute atomic E-state index is 0.142. The molecule has 2 aliphatic heterocycles. The first-order valence-electron chi connectivity index (χ1n) is 37.7. The number of nitrogens with one attached hydrogen (secondary N) is 9.